The normalized spacial score (nSPS) is 11.9. The fraction of sp³-hybridized carbons (Fsp3) is 0.304. The Morgan fingerprint density at radius 2 is 2.03 bits per heavy atom. The molecule has 0 fully saturated rings. The van der Waals surface area contributed by atoms with Gasteiger partial charge < -0.3 is 20.3 Å². The van der Waals surface area contributed by atoms with Gasteiger partial charge in [-0.15, -0.1) is 0 Å². The molecule has 2 aromatic rings. The van der Waals surface area contributed by atoms with Crippen LogP contribution in [0.2, 0.25) is 0 Å². The Balaban J connectivity index is 2.14. The van der Waals surface area contributed by atoms with E-state index in [2.05, 4.69) is 10.6 Å². The van der Waals surface area contributed by atoms with Crippen molar-refractivity contribution in [2.24, 2.45) is 0 Å². The first-order chi connectivity index (χ1) is 13.8. The minimum Gasteiger partial charge on any atom is -0.494 e. The predicted octanol–water partition coefficient (Wildman–Crippen LogP) is 4.16. The highest BCUT2D eigenvalue weighted by molar-refractivity contribution is 5.97. The van der Waals surface area contributed by atoms with Crippen LogP contribution in [0.3, 0.4) is 0 Å². The molecule has 152 valence electrons. The summed E-state index contributed by atoms with van der Waals surface area (Å²) in [5, 5.41) is 15.3. The van der Waals surface area contributed by atoms with Gasteiger partial charge in [0.05, 0.1) is 12.6 Å². The lowest BCUT2D eigenvalue weighted by Crippen LogP contribution is -2.28. The van der Waals surface area contributed by atoms with Crippen molar-refractivity contribution in [3.05, 3.63) is 65.4 Å². The van der Waals surface area contributed by atoms with Crippen LogP contribution in [0.25, 0.3) is 0 Å². The highest BCUT2D eigenvalue weighted by atomic mass is 16.5. The summed E-state index contributed by atoms with van der Waals surface area (Å²) in [5.74, 6) is 0.284. The van der Waals surface area contributed by atoms with Gasteiger partial charge in [-0.25, -0.2) is 0 Å². The number of anilines is 2. The summed E-state index contributed by atoms with van der Waals surface area (Å²) in [6.45, 7) is 6.31. The Hall–Kier alpha value is -3.46. The Morgan fingerprint density at radius 1 is 1.28 bits per heavy atom. The van der Waals surface area contributed by atoms with Gasteiger partial charge in [-0.2, -0.15) is 5.26 Å². The maximum atomic E-state index is 12.6. The van der Waals surface area contributed by atoms with Gasteiger partial charge in [0.2, 0.25) is 0 Å². The molecule has 0 aromatic heterocycles. The highest BCUT2D eigenvalue weighted by Crippen LogP contribution is 2.26. The molecule has 1 atom stereocenters. The quantitative estimate of drug-likeness (QED) is 0.521. The van der Waals surface area contributed by atoms with Crippen molar-refractivity contribution in [2.45, 2.75) is 26.8 Å². The Bertz CT molecular complexity index is 929. The van der Waals surface area contributed by atoms with Crippen molar-refractivity contribution >= 4 is 17.3 Å². The van der Waals surface area contributed by atoms with Gasteiger partial charge in [-0.1, -0.05) is 23.8 Å². The van der Waals surface area contributed by atoms with Gasteiger partial charge in [0.15, 0.2) is 0 Å². The van der Waals surface area contributed by atoms with Crippen LogP contribution in [0.5, 0.6) is 5.75 Å². The van der Waals surface area contributed by atoms with Crippen molar-refractivity contribution in [3.8, 4) is 11.8 Å². The van der Waals surface area contributed by atoms with E-state index in [1.165, 1.54) is 6.20 Å². The summed E-state index contributed by atoms with van der Waals surface area (Å²) in [5.41, 5.74) is 3.76. The summed E-state index contributed by atoms with van der Waals surface area (Å²) >= 11 is 0. The average molecular weight is 393 g/mol. The molecule has 0 saturated carbocycles. The molecule has 29 heavy (non-hydrogen) atoms. The van der Waals surface area contributed by atoms with E-state index in [0.29, 0.717) is 6.61 Å². The van der Waals surface area contributed by atoms with Crippen molar-refractivity contribution in [3.63, 3.8) is 0 Å². The summed E-state index contributed by atoms with van der Waals surface area (Å²) in [7, 11) is 3.90. The first-order valence-corrected chi connectivity index (χ1v) is 9.54. The van der Waals surface area contributed by atoms with E-state index in [4.69, 9.17) is 4.74 Å². The zero-order chi connectivity index (χ0) is 21.4. The molecule has 1 unspecified atom stereocenters. The van der Waals surface area contributed by atoms with Crippen LogP contribution in [-0.2, 0) is 4.79 Å². The molecule has 2 aromatic carbocycles. The van der Waals surface area contributed by atoms with Crippen LogP contribution in [0, 0.1) is 18.3 Å². The third-order valence-corrected chi connectivity index (χ3v) is 4.39. The second-order valence-electron chi connectivity index (χ2n) is 6.93. The monoisotopic (exact) mass is 392 g/mol. The predicted molar refractivity (Wildman–Crippen MR) is 117 cm³/mol. The molecular weight excluding hydrogens is 364 g/mol. The molecule has 0 aliphatic heterocycles. The summed E-state index contributed by atoms with van der Waals surface area (Å²) in [6, 6.07) is 15.2. The molecule has 0 aliphatic rings. The van der Waals surface area contributed by atoms with Gasteiger partial charge >= 0.3 is 0 Å². The number of carbonyl (C=O) groups is 1. The molecule has 0 radical (unpaired) electrons. The lowest BCUT2D eigenvalue weighted by Gasteiger charge is -2.18. The Morgan fingerprint density at radius 3 is 2.69 bits per heavy atom. The van der Waals surface area contributed by atoms with E-state index in [-0.39, 0.29) is 11.6 Å². The van der Waals surface area contributed by atoms with Crippen molar-refractivity contribution < 1.29 is 9.53 Å². The van der Waals surface area contributed by atoms with Gasteiger partial charge in [0.25, 0.3) is 5.91 Å². The molecule has 1 amide bonds. The number of carbonyl (C=O) groups excluding carboxylic acids is 1. The zero-order valence-corrected chi connectivity index (χ0v) is 17.6. The summed E-state index contributed by atoms with van der Waals surface area (Å²) < 4.78 is 5.67. The Labute approximate surface area is 172 Å². The number of hydrogen-bond donors (Lipinski definition) is 2. The number of aryl methyl sites for hydroxylation is 1. The van der Waals surface area contributed by atoms with E-state index < -0.39 is 5.91 Å². The van der Waals surface area contributed by atoms with Crippen molar-refractivity contribution in [1.82, 2.24) is 5.32 Å². The number of nitrogens with zero attached hydrogens (tertiary/aromatic N) is 2. The third-order valence-electron chi connectivity index (χ3n) is 4.39. The molecular formula is C23H28N4O2. The standard InChI is InChI=1S/C23H28N4O2/c1-6-29-22-11-10-16(2)12-21(22)17(3)26-23(28)18(14-24)15-25-19-8-7-9-20(13-19)27(4)5/h7-13,15,17,25H,6H2,1-5H3,(H,26,28)/b18-15-. The van der Waals surface area contributed by atoms with Crippen LogP contribution in [0.15, 0.2) is 54.2 Å². The number of hydrogen-bond acceptors (Lipinski definition) is 5. The van der Waals surface area contributed by atoms with Gasteiger partial charge in [0, 0.05) is 37.2 Å². The Kier molecular flexibility index (Phi) is 7.67. The molecule has 0 heterocycles. The van der Waals surface area contributed by atoms with E-state index in [1.807, 2.05) is 88.3 Å². The maximum absolute atomic E-state index is 12.6. The smallest absolute Gasteiger partial charge is 0.263 e. The van der Waals surface area contributed by atoms with Crippen LogP contribution >= 0.6 is 0 Å². The maximum Gasteiger partial charge on any atom is 0.263 e. The fourth-order valence-corrected chi connectivity index (χ4v) is 2.82. The number of ether oxygens (including phenoxy) is 1. The van der Waals surface area contributed by atoms with Crippen LogP contribution in [0.4, 0.5) is 11.4 Å². The molecule has 2 N–H and O–H groups in total. The van der Waals surface area contributed by atoms with E-state index >= 15 is 0 Å². The van der Waals surface area contributed by atoms with E-state index in [0.717, 1.165) is 28.3 Å². The highest BCUT2D eigenvalue weighted by Gasteiger charge is 2.17. The molecule has 0 spiro atoms. The summed E-state index contributed by atoms with van der Waals surface area (Å²) in [4.78, 5) is 14.6. The molecule has 6 nitrogen and oxygen atoms in total. The van der Waals surface area contributed by atoms with Crippen LogP contribution in [-0.4, -0.2) is 26.6 Å². The first-order valence-electron chi connectivity index (χ1n) is 9.54. The second kappa shape index (κ2) is 10.2. The minimum atomic E-state index is -0.444. The topological polar surface area (TPSA) is 77.4 Å². The fourth-order valence-electron chi connectivity index (χ4n) is 2.82. The van der Waals surface area contributed by atoms with Crippen LogP contribution in [0.1, 0.15) is 31.0 Å². The number of nitriles is 1. The molecule has 2 rings (SSSR count). The first kappa shape index (κ1) is 21.8. The van der Waals surface area contributed by atoms with Crippen molar-refractivity contribution in [2.75, 3.05) is 30.9 Å². The minimum absolute atomic E-state index is 0.00211. The molecule has 0 saturated heterocycles. The van der Waals surface area contributed by atoms with Crippen LogP contribution < -0.4 is 20.3 Å². The van der Waals surface area contributed by atoms with Gasteiger partial charge in [0.1, 0.15) is 17.4 Å². The third kappa shape index (κ3) is 6.01. The second-order valence-corrected chi connectivity index (χ2v) is 6.93. The van der Waals surface area contributed by atoms with Gasteiger partial charge in [-0.3, -0.25) is 4.79 Å². The van der Waals surface area contributed by atoms with E-state index in [1.54, 1.807) is 0 Å². The lowest BCUT2D eigenvalue weighted by molar-refractivity contribution is -0.117. The number of amides is 1. The number of rotatable bonds is 8. The summed E-state index contributed by atoms with van der Waals surface area (Å²) in [6.07, 6.45) is 1.43. The van der Waals surface area contributed by atoms with Gasteiger partial charge in [-0.05, 0) is 45.0 Å². The lowest BCUT2D eigenvalue weighted by atomic mass is 10.0. The largest absolute Gasteiger partial charge is 0.494 e. The molecule has 0 bridgehead atoms. The molecule has 0 aliphatic carbocycles. The number of benzene rings is 2. The average Bonchev–Trinajstić information content (AvgIpc) is 2.70. The van der Waals surface area contributed by atoms with E-state index in [9.17, 15) is 10.1 Å². The molecule has 6 heteroatoms. The number of nitrogens with one attached hydrogen (secondary N) is 2. The SMILES string of the molecule is CCOc1ccc(C)cc1C(C)NC(=O)/C(C#N)=C\Nc1cccc(N(C)C)c1. The van der Waals surface area contributed by atoms with Crippen molar-refractivity contribution in [1.29, 1.82) is 5.26 Å². The zero-order valence-electron chi connectivity index (χ0n) is 17.6.